The normalized spacial score (nSPS) is 16.1. The summed E-state index contributed by atoms with van der Waals surface area (Å²) >= 11 is 0. The number of esters is 1. The van der Waals surface area contributed by atoms with Gasteiger partial charge in [0.1, 0.15) is 11.3 Å². The van der Waals surface area contributed by atoms with E-state index in [4.69, 9.17) is 15.2 Å². The Kier molecular flexibility index (Phi) is 6.01. The predicted molar refractivity (Wildman–Crippen MR) is 119 cm³/mol. The third kappa shape index (κ3) is 4.12. The van der Waals surface area contributed by atoms with E-state index in [-0.39, 0.29) is 34.0 Å². The summed E-state index contributed by atoms with van der Waals surface area (Å²) in [6, 6.07) is 17.2. The number of aryl methyl sites for hydroxylation is 1. The standard InChI is InChI=1S/C24H23N3O6/c1-14-12-18-20(23(28)26(14)13-15-6-4-3-5-7-15)19(21(22(25)33-18)24(29)32-2)16-8-10-17(11-9-16)27(30)31/h3-12,19,27,30H,13,25H2,1-2H3/t19-/m1/s1. The van der Waals surface area contributed by atoms with Gasteiger partial charge in [0.15, 0.2) is 5.69 Å². The minimum absolute atomic E-state index is 0.0136. The van der Waals surface area contributed by atoms with Gasteiger partial charge in [-0.2, -0.15) is 5.23 Å². The lowest BCUT2D eigenvalue weighted by atomic mass is 9.83. The van der Waals surface area contributed by atoms with E-state index in [1.54, 1.807) is 29.7 Å². The summed E-state index contributed by atoms with van der Waals surface area (Å²) in [5.41, 5.74) is 8.16. The van der Waals surface area contributed by atoms with Crippen molar-refractivity contribution in [3.63, 3.8) is 0 Å². The zero-order valence-corrected chi connectivity index (χ0v) is 18.1. The highest BCUT2D eigenvalue weighted by Crippen LogP contribution is 2.41. The van der Waals surface area contributed by atoms with Crippen LogP contribution in [0, 0.1) is 12.1 Å². The van der Waals surface area contributed by atoms with Crippen LogP contribution in [0.2, 0.25) is 0 Å². The number of hydrogen-bond acceptors (Lipinski definition) is 7. The molecule has 2 atom stereocenters. The van der Waals surface area contributed by atoms with Crippen LogP contribution in [0.4, 0.5) is 5.69 Å². The van der Waals surface area contributed by atoms with Gasteiger partial charge < -0.3 is 25.0 Å². The molecule has 170 valence electrons. The van der Waals surface area contributed by atoms with Crippen molar-refractivity contribution >= 4 is 11.7 Å². The van der Waals surface area contributed by atoms with Crippen molar-refractivity contribution in [1.82, 2.24) is 4.57 Å². The fraction of sp³-hybridized carbons (Fsp3) is 0.167. The summed E-state index contributed by atoms with van der Waals surface area (Å²) in [4.78, 5) is 26.4. The van der Waals surface area contributed by atoms with Crippen molar-refractivity contribution in [1.29, 1.82) is 0 Å². The van der Waals surface area contributed by atoms with Gasteiger partial charge in [0.2, 0.25) is 5.88 Å². The summed E-state index contributed by atoms with van der Waals surface area (Å²) in [5.74, 6) is -1.54. The number of methoxy groups -OCH3 is 1. The quantitative estimate of drug-likeness (QED) is 0.397. The average molecular weight is 449 g/mol. The number of fused-ring (bicyclic) bond motifs is 1. The van der Waals surface area contributed by atoms with Crippen LogP contribution >= 0.6 is 0 Å². The Labute approximate surface area is 189 Å². The highest BCUT2D eigenvalue weighted by molar-refractivity contribution is 5.92. The first kappa shape index (κ1) is 22.3. The molecule has 0 amide bonds. The van der Waals surface area contributed by atoms with Crippen LogP contribution in [-0.2, 0) is 16.1 Å². The number of nitrogens with zero attached hydrogens (tertiary/aromatic N) is 1. The largest absolute Gasteiger partial charge is 0.595 e. The van der Waals surface area contributed by atoms with Gasteiger partial charge >= 0.3 is 5.97 Å². The monoisotopic (exact) mass is 449 g/mol. The van der Waals surface area contributed by atoms with Gasteiger partial charge in [-0.15, -0.1) is 0 Å². The van der Waals surface area contributed by atoms with Crippen molar-refractivity contribution in [2.24, 2.45) is 5.73 Å². The molecule has 1 unspecified atom stereocenters. The van der Waals surface area contributed by atoms with Gasteiger partial charge in [0.05, 0.1) is 25.1 Å². The van der Waals surface area contributed by atoms with Gasteiger partial charge in [-0.1, -0.05) is 42.5 Å². The Hall–Kier alpha value is -3.92. The number of pyridine rings is 1. The zero-order valence-electron chi connectivity index (χ0n) is 18.1. The van der Waals surface area contributed by atoms with Crippen LogP contribution in [0.25, 0.3) is 0 Å². The zero-order chi connectivity index (χ0) is 23.7. The lowest BCUT2D eigenvalue weighted by molar-refractivity contribution is -0.991. The van der Waals surface area contributed by atoms with E-state index in [0.717, 1.165) is 5.56 Å². The molecule has 9 heteroatoms. The number of carbonyl (C=O) groups is 1. The average Bonchev–Trinajstić information content (AvgIpc) is 2.81. The molecule has 4 N–H and O–H groups in total. The molecule has 0 radical (unpaired) electrons. The van der Waals surface area contributed by atoms with Crippen molar-refractivity contribution in [2.45, 2.75) is 19.4 Å². The summed E-state index contributed by atoms with van der Waals surface area (Å²) in [7, 11) is 1.21. The number of quaternary nitrogens is 1. The second-order valence-corrected chi connectivity index (χ2v) is 7.67. The van der Waals surface area contributed by atoms with Crippen molar-refractivity contribution in [3.05, 3.63) is 110 Å². The molecular formula is C24H23N3O6. The van der Waals surface area contributed by atoms with E-state index in [2.05, 4.69) is 0 Å². The number of nitrogens with two attached hydrogens (primary N) is 1. The molecule has 0 aliphatic carbocycles. The number of benzene rings is 2. The van der Waals surface area contributed by atoms with Crippen LogP contribution in [-0.4, -0.2) is 22.9 Å². The van der Waals surface area contributed by atoms with Gasteiger partial charge in [-0.3, -0.25) is 4.79 Å². The Balaban J connectivity index is 1.92. The lowest BCUT2D eigenvalue weighted by Crippen LogP contribution is -2.99. The number of carbonyl (C=O) groups excluding carboxylic acids is 1. The maximum Gasteiger partial charge on any atom is 0.340 e. The van der Waals surface area contributed by atoms with Crippen LogP contribution in [0.1, 0.15) is 28.3 Å². The smallest absolute Gasteiger partial charge is 0.340 e. The van der Waals surface area contributed by atoms with Gasteiger partial charge in [0.25, 0.3) is 5.56 Å². The number of rotatable bonds is 5. The molecule has 9 nitrogen and oxygen atoms in total. The molecule has 1 aromatic heterocycles. The fourth-order valence-corrected chi connectivity index (χ4v) is 4.01. The molecule has 0 fully saturated rings. The summed E-state index contributed by atoms with van der Waals surface area (Å²) in [6.45, 7) is 2.12. The number of nitrogens with one attached hydrogen (secondary N) is 1. The van der Waals surface area contributed by atoms with Gasteiger partial charge in [0, 0.05) is 23.9 Å². The minimum atomic E-state index is -1.09. The Morgan fingerprint density at radius 2 is 1.88 bits per heavy atom. The first-order valence-corrected chi connectivity index (χ1v) is 10.2. The molecule has 4 rings (SSSR count). The molecule has 0 spiro atoms. The lowest BCUT2D eigenvalue weighted by Gasteiger charge is -2.29. The Morgan fingerprint density at radius 1 is 1.21 bits per heavy atom. The topological polar surface area (TPSA) is 131 Å². The minimum Gasteiger partial charge on any atom is -0.595 e. The van der Waals surface area contributed by atoms with Crippen LogP contribution in [0.15, 0.2) is 76.9 Å². The van der Waals surface area contributed by atoms with Crippen LogP contribution in [0.3, 0.4) is 0 Å². The van der Waals surface area contributed by atoms with Crippen LogP contribution in [0.5, 0.6) is 5.75 Å². The molecule has 0 saturated heterocycles. The van der Waals surface area contributed by atoms with Crippen molar-refractivity contribution < 1.29 is 24.7 Å². The van der Waals surface area contributed by atoms with Gasteiger partial charge in [-0.05, 0) is 18.1 Å². The Bertz CT molecular complexity index is 1280. The van der Waals surface area contributed by atoms with Crippen LogP contribution < -0.4 is 21.3 Å². The van der Waals surface area contributed by atoms with E-state index < -0.39 is 17.1 Å². The molecule has 0 bridgehead atoms. The van der Waals surface area contributed by atoms with E-state index in [1.807, 2.05) is 30.3 Å². The number of aromatic nitrogens is 1. The molecule has 1 aliphatic rings. The van der Waals surface area contributed by atoms with E-state index in [9.17, 15) is 20.0 Å². The maximum absolute atomic E-state index is 13.7. The molecule has 3 aromatic rings. The summed E-state index contributed by atoms with van der Waals surface area (Å²) in [6.07, 6.45) is 0. The molecular weight excluding hydrogens is 426 g/mol. The molecule has 0 saturated carbocycles. The van der Waals surface area contributed by atoms with E-state index >= 15 is 0 Å². The SMILES string of the molecule is COC(=O)C1=C(N)Oc2cc(C)n(Cc3ccccc3)c(=O)c2[C@H]1c1ccc([NH+]([O-])O)cc1. The summed E-state index contributed by atoms with van der Waals surface area (Å²) in [5, 5.41) is 19.4. The molecule has 2 aromatic carbocycles. The maximum atomic E-state index is 13.7. The van der Waals surface area contributed by atoms with E-state index in [1.165, 1.54) is 19.2 Å². The van der Waals surface area contributed by atoms with Crippen molar-refractivity contribution in [3.8, 4) is 5.75 Å². The second kappa shape index (κ2) is 8.91. The van der Waals surface area contributed by atoms with Crippen molar-refractivity contribution in [2.75, 3.05) is 7.11 Å². The molecule has 33 heavy (non-hydrogen) atoms. The second-order valence-electron chi connectivity index (χ2n) is 7.67. The number of ether oxygens (including phenoxy) is 2. The molecule has 2 heterocycles. The third-order valence-electron chi connectivity index (χ3n) is 5.65. The third-order valence-corrected chi connectivity index (χ3v) is 5.65. The highest BCUT2D eigenvalue weighted by atomic mass is 16.8. The highest BCUT2D eigenvalue weighted by Gasteiger charge is 2.38. The predicted octanol–water partition coefficient (Wildman–Crippen LogP) is 1.48. The fourth-order valence-electron chi connectivity index (χ4n) is 4.01. The Morgan fingerprint density at radius 3 is 2.48 bits per heavy atom. The number of hydrogen-bond donors (Lipinski definition) is 3. The van der Waals surface area contributed by atoms with E-state index in [0.29, 0.717) is 17.8 Å². The molecule has 1 aliphatic heterocycles. The first-order valence-electron chi connectivity index (χ1n) is 10.2. The summed E-state index contributed by atoms with van der Waals surface area (Å²) < 4.78 is 12.2. The van der Waals surface area contributed by atoms with Gasteiger partial charge in [-0.25, -0.2) is 10.0 Å². The first-order chi connectivity index (χ1) is 15.8.